The maximum Gasteiger partial charge on any atom is 0.288 e. The second kappa shape index (κ2) is 11.5. The molecule has 1 amide bonds. The molecule has 0 saturated carbocycles. The van der Waals surface area contributed by atoms with Gasteiger partial charge in [0.2, 0.25) is 6.29 Å². The molecule has 3 atom stereocenters. The zero-order valence-electron chi connectivity index (χ0n) is 19.2. The molecule has 0 bridgehead atoms. The Labute approximate surface area is 182 Å². The second-order valence-electron chi connectivity index (χ2n) is 9.44. The van der Waals surface area contributed by atoms with E-state index in [0.717, 1.165) is 38.8 Å². The number of ether oxygens (including phenoxy) is 2. The van der Waals surface area contributed by atoms with Crippen LogP contribution in [0.2, 0.25) is 0 Å². The molecule has 0 aliphatic carbocycles. The number of aliphatic hydroxyl groups excluding tert-OH is 1. The smallest absolute Gasteiger partial charge is 0.288 e. The monoisotopic (exact) mass is 422 g/mol. The molecule has 0 spiro atoms. The van der Waals surface area contributed by atoms with Crippen LogP contribution in [0.25, 0.3) is 0 Å². The third kappa shape index (κ3) is 5.77. The van der Waals surface area contributed by atoms with E-state index >= 15 is 0 Å². The molecule has 0 unspecified atom stereocenters. The van der Waals surface area contributed by atoms with Crippen LogP contribution in [0.5, 0.6) is 0 Å². The number of nitrogens with zero attached hydrogens (tertiary/aromatic N) is 2. The number of hydrogen-bond donors (Lipinski definition) is 1. The van der Waals surface area contributed by atoms with E-state index in [4.69, 9.17) is 9.47 Å². The minimum atomic E-state index is -0.413. The average Bonchev–Trinajstić information content (AvgIpc) is 2.78. The van der Waals surface area contributed by atoms with Gasteiger partial charge < -0.3 is 24.4 Å². The molecular weight excluding hydrogens is 380 g/mol. The SMILES string of the molecule is CCO[C@H]1OC(C(=O)N2CCC(N3CCCCC3)CC2)=C[C@@H](C(C)C)[C@H]1CCCO. The largest absolute Gasteiger partial charge is 0.459 e. The number of carbonyl (C=O) groups is 1. The summed E-state index contributed by atoms with van der Waals surface area (Å²) in [6.45, 7) is 11.1. The van der Waals surface area contributed by atoms with E-state index in [0.29, 0.717) is 24.3 Å². The lowest BCUT2D eigenvalue weighted by atomic mass is 9.78. The highest BCUT2D eigenvalue weighted by atomic mass is 16.7. The molecular formula is C24H42N2O4. The van der Waals surface area contributed by atoms with E-state index in [2.05, 4.69) is 18.7 Å². The van der Waals surface area contributed by atoms with Gasteiger partial charge in [0.1, 0.15) is 0 Å². The van der Waals surface area contributed by atoms with Crippen molar-refractivity contribution in [1.29, 1.82) is 0 Å². The Morgan fingerprint density at radius 2 is 1.90 bits per heavy atom. The van der Waals surface area contributed by atoms with Crippen molar-refractivity contribution in [2.24, 2.45) is 17.8 Å². The van der Waals surface area contributed by atoms with Gasteiger partial charge in [-0.1, -0.05) is 20.3 Å². The van der Waals surface area contributed by atoms with Gasteiger partial charge in [-0.25, -0.2) is 0 Å². The Bertz CT molecular complexity index is 566. The fraction of sp³-hybridized carbons (Fsp3) is 0.875. The van der Waals surface area contributed by atoms with Gasteiger partial charge in [0.15, 0.2) is 5.76 Å². The number of aliphatic hydroxyl groups is 1. The first-order valence-electron chi connectivity index (χ1n) is 12.2. The van der Waals surface area contributed by atoms with Crippen molar-refractivity contribution in [2.45, 2.75) is 78.0 Å². The van der Waals surface area contributed by atoms with Gasteiger partial charge in [0, 0.05) is 38.3 Å². The summed E-state index contributed by atoms with van der Waals surface area (Å²) in [7, 11) is 0. The number of rotatable bonds is 8. The standard InChI is InChI=1S/C24H42N2O4/c1-4-29-24-20(9-8-16-27)21(18(2)3)17-22(30-24)23(28)26-14-10-19(11-15-26)25-12-6-5-7-13-25/h17-21,24,27H,4-16H2,1-3H3/t20-,21+,24+/m1/s1. The zero-order valence-corrected chi connectivity index (χ0v) is 19.2. The summed E-state index contributed by atoms with van der Waals surface area (Å²) < 4.78 is 12.0. The molecule has 172 valence electrons. The van der Waals surface area contributed by atoms with Crippen LogP contribution >= 0.6 is 0 Å². The molecule has 3 rings (SSSR count). The van der Waals surface area contributed by atoms with Crippen LogP contribution in [-0.2, 0) is 14.3 Å². The molecule has 2 saturated heterocycles. The summed E-state index contributed by atoms with van der Waals surface area (Å²) in [4.78, 5) is 17.9. The molecule has 30 heavy (non-hydrogen) atoms. The highest BCUT2D eigenvalue weighted by Crippen LogP contribution is 2.37. The number of likely N-dealkylation sites (tertiary alicyclic amines) is 2. The molecule has 2 fully saturated rings. The maximum atomic E-state index is 13.3. The number of piperidine rings is 2. The van der Waals surface area contributed by atoms with Crippen LogP contribution in [-0.4, -0.2) is 72.5 Å². The average molecular weight is 423 g/mol. The van der Waals surface area contributed by atoms with Crippen molar-refractivity contribution in [3.8, 4) is 0 Å². The van der Waals surface area contributed by atoms with Crippen LogP contribution in [0.1, 0.15) is 65.7 Å². The van der Waals surface area contributed by atoms with E-state index < -0.39 is 6.29 Å². The molecule has 3 aliphatic heterocycles. The molecule has 1 N–H and O–H groups in total. The van der Waals surface area contributed by atoms with Crippen LogP contribution in [0.4, 0.5) is 0 Å². The fourth-order valence-corrected chi connectivity index (χ4v) is 5.39. The zero-order chi connectivity index (χ0) is 21.5. The van der Waals surface area contributed by atoms with Crippen molar-refractivity contribution in [1.82, 2.24) is 9.80 Å². The van der Waals surface area contributed by atoms with Crippen molar-refractivity contribution < 1.29 is 19.4 Å². The van der Waals surface area contributed by atoms with E-state index in [1.165, 1.54) is 32.4 Å². The van der Waals surface area contributed by atoms with Crippen LogP contribution in [0.3, 0.4) is 0 Å². The molecule has 0 radical (unpaired) electrons. The molecule has 0 aromatic carbocycles. The highest BCUT2D eigenvalue weighted by molar-refractivity contribution is 5.91. The topological polar surface area (TPSA) is 62.2 Å². The molecule has 3 aliphatic rings. The van der Waals surface area contributed by atoms with Crippen molar-refractivity contribution in [2.75, 3.05) is 39.4 Å². The second-order valence-corrected chi connectivity index (χ2v) is 9.44. The summed E-state index contributed by atoms with van der Waals surface area (Å²) in [6.07, 6.45) is 9.29. The predicted octanol–water partition coefficient (Wildman–Crippen LogP) is 3.40. The maximum absolute atomic E-state index is 13.3. The predicted molar refractivity (Wildman–Crippen MR) is 118 cm³/mol. The Balaban J connectivity index is 1.65. The lowest BCUT2D eigenvalue weighted by Crippen LogP contribution is -2.49. The number of amides is 1. The Morgan fingerprint density at radius 1 is 1.20 bits per heavy atom. The third-order valence-corrected chi connectivity index (χ3v) is 7.10. The summed E-state index contributed by atoms with van der Waals surface area (Å²) in [5.41, 5.74) is 0. The van der Waals surface area contributed by atoms with E-state index in [1.807, 2.05) is 17.9 Å². The van der Waals surface area contributed by atoms with Crippen molar-refractivity contribution in [3.63, 3.8) is 0 Å². The number of allylic oxidation sites excluding steroid dienone is 1. The molecule has 6 heteroatoms. The molecule has 0 aromatic rings. The first-order valence-corrected chi connectivity index (χ1v) is 12.2. The highest BCUT2D eigenvalue weighted by Gasteiger charge is 2.39. The van der Waals surface area contributed by atoms with Gasteiger partial charge in [-0.3, -0.25) is 4.79 Å². The summed E-state index contributed by atoms with van der Waals surface area (Å²) in [5.74, 6) is 1.24. The van der Waals surface area contributed by atoms with Crippen LogP contribution in [0.15, 0.2) is 11.8 Å². The Hall–Kier alpha value is -1.11. The van der Waals surface area contributed by atoms with E-state index in [-0.39, 0.29) is 24.3 Å². The quantitative estimate of drug-likeness (QED) is 0.650. The normalized spacial score (nSPS) is 29.0. The minimum Gasteiger partial charge on any atom is -0.459 e. The summed E-state index contributed by atoms with van der Waals surface area (Å²) in [5, 5.41) is 9.30. The van der Waals surface area contributed by atoms with E-state index in [1.54, 1.807) is 0 Å². The summed E-state index contributed by atoms with van der Waals surface area (Å²) in [6, 6.07) is 0.623. The molecule has 3 heterocycles. The van der Waals surface area contributed by atoms with Gasteiger partial charge in [-0.05, 0) is 76.5 Å². The number of hydrogen-bond acceptors (Lipinski definition) is 5. The first kappa shape index (κ1) is 23.6. The third-order valence-electron chi connectivity index (χ3n) is 7.10. The lowest BCUT2D eigenvalue weighted by Gasteiger charge is -2.42. The van der Waals surface area contributed by atoms with Gasteiger partial charge in [0.05, 0.1) is 0 Å². The van der Waals surface area contributed by atoms with Gasteiger partial charge >= 0.3 is 0 Å². The molecule has 6 nitrogen and oxygen atoms in total. The number of carbonyl (C=O) groups excluding carboxylic acids is 1. The van der Waals surface area contributed by atoms with Gasteiger partial charge in [-0.15, -0.1) is 0 Å². The van der Waals surface area contributed by atoms with Crippen molar-refractivity contribution >= 4 is 5.91 Å². The van der Waals surface area contributed by atoms with Crippen LogP contribution in [0, 0.1) is 17.8 Å². The lowest BCUT2D eigenvalue weighted by molar-refractivity contribution is -0.178. The molecule has 0 aromatic heterocycles. The summed E-state index contributed by atoms with van der Waals surface area (Å²) >= 11 is 0. The first-order chi connectivity index (χ1) is 14.5. The van der Waals surface area contributed by atoms with Crippen LogP contribution < -0.4 is 0 Å². The Kier molecular flexibility index (Phi) is 9.02. The minimum absolute atomic E-state index is 0.0167. The van der Waals surface area contributed by atoms with E-state index in [9.17, 15) is 9.90 Å². The van der Waals surface area contributed by atoms with Gasteiger partial charge in [-0.2, -0.15) is 0 Å². The Morgan fingerprint density at radius 3 is 2.50 bits per heavy atom. The van der Waals surface area contributed by atoms with Crippen molar-refractivity contribution in [3.05, 3.63) is 11.8 Å². The fourth-order valence-electron chi connectivity index (χ4n) is 5.39. The van der Waals surface area contributed by atoms with Gasteiger partial charge in [0.25, 0.3) is 5.91 Å².